The smallest absolute Gasteiger partial charge is 0.120 e. The van der Waals surface area contributed by atoms with Gasteiger partial charge in [-0.05, 0) is 37.6 Å². The second-order valence-electron chi connectivity index (χ2n) is 5.73. The Morgan fingerprint density at radius 2 is 1.76 bits per heavy atom. The van der Waals surface area contributed by atoms with Crippen molar-refractivity contribution in [2.75, 3.05) is 19.0 Å². The van der Waals surface area contributed by atoms with Crippen molar-refractivity contribution in [1.29, 1.82) is 0 Å². The van der Waals surface area contributed by atoms with Gasteiger partial charge in [-0.1, -0.05) is 29.8 Å². The molecule has 3 heteroatoms. The first-order valence-corrected chi connectivity index (χ1v) is 7.26. The third-order valence-corrected chi connectivity index (χ3v) is 3.71. The van der Waals surface area contributed by atoms with E-state index in [-0.39, 0.29) is 6.04 Å². The molecule has 1 atom stereocenters. The van der Waals surface area contributed by atoms with Crippen molar-refractivity contribution in [2.45, 2.75) is 26.4 Å². The minimum absolute atomic E-state index is 0.110. The Morgan fingerprint density at radius 1 is 1.10 bits per heavy atom. The number of nitrogens with zero attached hydrogens (tertiary/aromatic N) is 1. The first kappa shape index (κ1) is 15.4. The molecule has 2 rings (SSSR count). The Labute approximate surface area is 127 Å². The molecule has 0 aromatic heterocycles. The van der Waals surface area contributed by atoms with E-state index in [1.807, 2.05) is 33.2 Å². The molecule has 2 aromatic carbocycles. The second kappa shape index (κ2) is 6.64. The van der Waals surface area contributed by atoms with Crippen LogP contribution < -0.4 is 10.2 Å². The van der Waals surface area contributed by atoms with Gasteiger partial charge < -0.3 is 15.3 Å². The molecule has 0 amide bonds. The summed E-state index contributed by atoms with van der Waals surface area (Å²) in [6.45, 7) is 4.89. The molecule has 0 aliphatic carbocycles. The van der Waals surface area contributed by atoms with Gasteiger partial charge in [0.2, 0.25) is 0 Å². The van der Waals surface area contributed by atoms with E-state index in [1.165, 1.54) is 11.3 Å². The van der Waals surface area contributed by atoms with Gasteiger partial charge in [-0.15, -0.1) is 0 Å². The van der Waals surface area contributed by atoms with Gasteiger partial charge in [-0.25, -0.2) is 0 Å². The molecule has 0 bridgehead atoms. The minimum Gasteiger partial charge on any atom is -0.508 e. The first-order valence-electron chi connectivity index (χ1n) is 7.26. The number of phenolic OH excluding ortho intramolecular Hbond substituents is 1. The Hall–Kier alpha value is -2.00. The summed E-state index contributed by atoms with van der Waals surface area (Å²) >= 11 is 0. The van der Waals surface area contributed by atoms with E-state index >= 15 is 0 Å². The van der Waals surface area contributed by atoms with Crippen LogP contribution in [0.1, 0.15) is 29.7 Å². The van der Waals surface area contributed by atoms with Crippen LogP contribution in [0, 0.1) is 6.92 Å². The summed E-state index contributed by atoms with van der Waals surface area (Å²) in [5.41, 5.74) is 4.54. The molecule has 0 aliphatic rings. The predicted molar refractivity (Wildman–Crippen MR) is 88.9 cm³/mol. The molecular formula is C18H24N2O. The van der Waals surface area contributed by atoms with Gasteiger partial charge in [0, 0.05) is 37.9 Å². The van der Waals surface area contributed by atoms with E-state index in [2.05, 4.69) is 41.4 Å². The summed E-state index contributed by atoms with van der Waals surface area (Å²) in [5.74, 6) is 0.351. The Balaban J connectivity index is 2.00. The maximum Gasteiger partial charge on any atom is 0.120 e. The van der Waals surface area contributed by atoms with Crippen LogP contribution in [0.25, 0.3) is 0 Å². The molecule has 112 valence electrons. The fourth-order valence-electron chi connectivity index (χ4n) is 2.31. The molecule has 21 heavy (non-hydrogen) atoms. The topological polar surface area (TPSA) is 35.5 Å². The van der Waals surface area contributed by atoms with Crippen molar-refractivity contribution >= 4 is 5.69 Å². The average molecular weight is 284 g/mol. The second-order valence-corrected chi connectivity index (χ2v) is 5.73. The van der Waals surface area contributed by atoms with E-state index in [4.69, 9.17) is 0 Å². The van der Waals surface area contributed by atoms with Crippen molar-refractivity contribution in [2.24, 2.45) is 0 Å². The van der Waals surface area contributed by atoms with Crippen LogP contribution in [-0.2, 0) is 6.54 Å². The zero-order valence-corrected chi connectivity index (χ0v) is 13.2. The fraction of sp³-hybridized carbons (Fsp3) is 0.333. The maximum atomic E-state index is 9.95. The van der Waals surface area contributed by atoms with Crippen LogP contribution in [0.3, 0.4) is 0 Å². The van der Waals surface area contributed by atoms with Crippen LogP contribution >= 0.6 is 0 Å². The van der Waals surface area contributed by atoms with Crippen molar-refractivity contribution in [3.8, 4) is 5.75 Å². The van der Waals surface area contributed by atoms with Gasteiger partial charge in [-0.3, -0.25) is 0 Å². The zero-order valence-electron chi connectivity index (χ0n) is 13.2. The number of hydrogen-bond donors (Lipinski definition) is 2. The highest BCUT2D eigenvalue weighted by molar-refractivity contribution is 5.46. The minimum atomic E-state index is 0.110. The van der Waals surface area contributed by atoms with E-state index in [0.29, 0.717) is 5.75 Å². The lowest BCUT2D eigenvalue weighted by molar-refractivity contribution is 0.452. The van der Waals surface area contributed by atoms with Gasteiger partial charge in [0.15, 0.2) is 0 Å². The Kier molecular flexibility index (Phi) is 4.86. The Morgan fingerprint density at radius 3 is 2.38 bits per heavy atom. The largest absolute Gasteiger partial charge is 0.508 e. The fourth-order valence-corrected chi connectivity index (χ4v) is 2.31. The lowest BCUT2D eigenvalue weighted by Crippen LogP contribution is -2.18. The monoisotopic (exact) mass is 284 g/mol. The average Bonchev–Trinajstić information content (AvgIpc) is 2.47. The highest BCUT2D eigenvalue weighted by Gasteiger charge is 2.10. The molecule has 0 fully saturated rings. The standard InChI is InChI=1S/C18H24N2O/c1-13-5-10-18(21)17(11-13)14(2)19-12-15-6-8-16(9-7-15)20(3)4/h5-11,14,19,21H,12H2,1-4H3. The molecule has 1 unspecified atom stereocenters. The van der Waals surface area contributed by atoms with Crippen molar-refractivity contribution < 1.29 is 5.11 Å². The van der Waals surface area contributed by atoms with E-state index < -0.39 is 0 Å². The summed E-state index contributed by atoms with van der Waals surface area (Å²) in [7, 11) is 4.08. The van der Waals surface area contributed by atoms with Crippen molar-refractivity contribution in [1.82, 2.24) is 5.32 Å². The van der Waals surface area contributed by atoms with Crippen molar-refractivity contribution in [3.63, 3.8) is 0 Å². The third kappa shape index (κ3) is 3.99. The molecule has 3 nitrogen and oxygen atoms in total. The number of aryl methyl sites for hydroxylation is 1. The number of phenols is 1. The summed E-state index contributed by atoms with van der Waals surface area (Å²) in [4.78, 5) is 2.09. The molecule has 2 aromatic rings. The highest BCUT2D eigenvalue weighted by atomic mass is 16.3. The number of nitrogens with one attached hydrogen (secondary N) is 1. The van der Waals surface area contributed by atoms with Crippen molar-refractivity contribution in [3.05, 3.63) is 59.2 Å². The van der Waals surface area contributed by atoms with Gasteiger partial charge in [0.1, 0.15) is 5.75 Å². The van der Waals surface area contributed by atoms with Gasteiger partial charge >= 0.3 is 0 Å². The molecule has 2 N–H and O–H groups in total. The summed E-state index contributed by atoms with van der Waals surface area (Å²) in [6, 6.07) is 14.3. The number of rotatable bonds is 5. The Bertz CT molecular complexity index is 591. The van der Waals surface area contributed by atoms with Crippen LogP contribution in [0.5, 0.6) is 5.75 Å². The molecule has 0 saturated heterocycles. The van der Waals surface area contributed by atoms with E-state index in [9.17, 15) is 5.11 Å². The maximum absolute atomic E-state index is 9.95. The van der Waals surface area contributed by atoms with E-state index in [1.54, 1.807) is 6.07 Å². The lowest BCUT2D eigenvalue weighted by Gasteiger charge is -2.17. The highest BCUT2D eigenvalue weighted by Crippen LogP contribution is 2.25. The SMILES string of the molecule is Cc1ccc(O)c(C(C)NCc2ccc(N(C)C)cc2)c1. The lowest BCUT2D eigenvalue weighted by atomic mass is 10.0. The molecule has 0 heterocycles. The predicted octanol–water partition coefficient (Wildman–Crippen LogP) is 3.62. The van der Waals surface area contributed by atoms with Crippen LogP contribution in [-0.4, -0.2) is 19.2 Å². The number of aromatic hydroxyl groups is 1. The van der Waals surface area contributed by atoms with Crippen LogP contribution in [0.2, 0.25) is 0 Å². The van der Waals surface area contributed by atoms with Gasteiger partial charge in [0.05, 0.1) is 0 Å². The molecule has 0 spiro atoms. The molecular weight excluding hydrogens is 260 g/mol. The zero-order chi connectivity index (χ0) is 15.4. The third-order valence-electron chi connectivity index (χ3n) is 3.71. The van der Waals surface area contributed by atoms with Gasteiger partial charge in [0.25, 0.3) is 0 Å². The number of hydrogen-bond acceptors (Lipinski definition) is 3. The molecule has 0 radical (unpaired) electrons. The van der Waals surface area contributed by atoms with E-state index in [0.717, 1.165) is 17.7 Å². The first-order chi connectivity index (χ1) is 9.97. The number of anilines is 1. The summed E-state index contributed by atoms with van der Waals surface area (Å²) < 4.78 is 0. The summed E-state index contributed by atoms with van der Waals surface area (Å²) in [5, 5.41) is 13.4. The normalized spacial score (nSPS) is 12.2. The quantitative estimate of drug-likeness (QED) is 0.880. The number of benzene rings is 2. The summed E-state index contributed by atoms with van der Waals surface area (Å²) in [6.07, 6.45) is 0. The van der Waals surface area contributed by atoms with Crippen LogP contribution in [0.15, 0.2) is 42.5 Å². The van der Waals surface area contributed by atoms with Gasteiger partial charge in [-0.2, -0.15) is 0 Å². The molecule has 0 aliphatic heterocycles. The van der Waals surface area contributed by atoms with Crippen LogP contribution in [0.4, 0.5) is 5.69 Å². The molecule has 0 saturated carbocycles.